The van der Waals surface area contributed by atoms with Crippen LogP contribution in [0.25, 0.3) is 0 Å². The monoisotopic (exact) mass is 420 g/mol. The molecule has 1 unspecified atom stereocenters. The first-order valence-corrected chi connectivity index (χ1v) is 9.12. The SMILES string of the molecule is COc1cc(Cl)c(C=NNC(=O)C(OC)c2ccc3c(c2)OCCO3)cc1OC. The van der Waals surface area contributed by atoms with E-state index in [4.69, 9.17) is 35.3 Å². The fourth-order valence-electron chi connectivity index (χ4n) is 2.81. The van der Waals surface area contributed by atoms with Crippen LogP contribution in [0.1, 0.15) is 17.2 Å². The van der Waals surface area contributed by atoms with Gasteiger partial charge in [-0.1, -0.05) is 17.7 Å². The van der Waals surface area contributed by atoms with Gasteiger partial charge in [-0.05, 0) is 23.8 Å². The van der Waals surface area contributed by atoms with E-state index in [-0.39, 0.29) is 0 Å². The summed E-state index contributed by atoms with van der Waals surface area (Å²) in [5.41, 5.74) is 3.63. The molecule has 2 aromatic carbocycles. The third kappa shape index (κ3) is 4.72. The van der Waals surface area contributed by atoms with Crippen molar-refractivity contribution in [1.29, 1.82) is 0 Å². The van der Waals surface area contributed by atoms with Gasteiger partial charge in [-0.2, -0.15) is 5.10 Å². The number of ether oxygens (including phenoxy) is 5. The summed E-state index contributed by atoms with van der Waals surface area (Å²) in [5.74, 6) is 1.75. The Morgan fingerprint density at radius 3 is 2.48 bits per heavy atom. The minimum absolute atomic E-state index is 0.399. The average Bonchev–Trinajstić information content (AvgIpc) is 2.75. The Balaban J connectivity index is 1.72. The molecule has 0 radical (unpaired) electrons. The second kappa shape index (κ2) is 9.49. The van der Waals surface area contributed by atoms with Crippen LogP contribution < -0.4 is 24.4 Å². The number of halogens is 1. The van der Waals surface area contributed by atoms with E-state index >= 15 is 0 Å². The summed E-state index contributed by atoms with van der Waals surface area (Å²) in [4.78, 5) is 12.5. The van der Waals surface area contributed by atoms with E-state index in [1.165, 1.54) is 27.5 Å². The maximum absolute atomic E-state index is 12.5. The largest absolute Gasteiger partial charge is 0.493 e. The fourth-order valence-corrected chi connectivity index (χ4v) is 3.01. The van der Waals surface area contributed by atoms with Crippen molar-refractivity contribution in [3.05, 3.63) is 46.5 Å². The maximum Gasteiger partial charge on any atom is 0.273 e. The number of hydrazone groups is 1. The third-order valence-electron chi connectivity index (χ3n) is 4.22. The smallest absolute Gasteiger partial charge is 0.273 e. The van der Waals surface area contributed by atoms with Crippen molar-refractivity contribution in [3.63, 3.8) is 0 Å². The van der Waals surface area contributed by atoms with Gasteiger partial charge in [-0.25, -0.2) is 5.43 Å². The highest BCUT2D eigenvalue weighted by Gasteiger charge is 2.22. The Bertz CT molecular complexity index is 918. The summed E-state index contributed by atoms with van der Waals surface area (Å²) in [5, 5.41) is 4.37. The number of methoxy groups -OCH3 is 3. The molecule has 1 N–H and O–H groups in total. The van der Waals surface area contributed by atoms with Gasteiger partial charge in [0.2, 0.25) is 0 Å². The number of nitrogens with one attached hydrogen (secondary N) is 1. The van der Waals surface area contributed by atoms with E-state index in [0.717, 1.165) is 0 Å². The van der Waals surface area contributed by atoms with Crippen molar-refractivity contribution in [1.82, 2.24) is 5.43 Å². The Kier molecular flexibility index (Phi) is 6.79. The molecule has 1 aliphatic rings. The van der Waals surface area contributed by atoms with E-state index in [9.17, 15) is 4.79 Å². The molecule has 0 aromatic heterocycles. The predicted octanol–water partition coefficient (Wildman–Crippen LogP) is 2.97. The number of fused-ring (bicyclic) bond motifs is 1. The molecule has 0 saturated carbocycles. The van der Waals surface area contributed by atoms with Crippen LogP contribution in [0.5, 0.6) is 23.0 Å². The molecule has 2 aromatic rings. The van der Waals surface area contributed by atoms with Gasteiger partial charge >= 0.3 is 0 Å². The van der Waals surface area contributed by atoms with E-state index in [1.54, 1.807) is 30.3 Å². The Morgan fingerprint density at radius 1 is 1.10 bits per heavy atom. The zero-order valence-electron chi connectivity index (χ0n) is 16.2. The number of benzene rings is 2. The van der Waals surface area contributed by atoms with Gasteiger partial charge in [-0.3, -0.25) is 4.79 Å². The van der Waals surface area contributed by atoms with Crippen LogP contribution in [0, 0.1) is 0 Å². The summed E-state index contributed by atoms with van der Waals surface area (Å²) in [6.07, 6.45) is 0.544. The van der Waals surface area contributed by atoms with Crippen molar-refractivity contribution >= 4 is 23.7 Å². The molecule has 0 aliphatic carbocycles. The van der Waals surface area contributed by atoms with Gasteiger partial charge in [0.15, 0.2) is 29.1 Å². The number of nitrogens with zero attached hydrogens (tertiary/aromatic N) is 1. The average molecular weight is 421 g/mol. The minimum atomic E-state index is -0.871. The molecule has 9 heteroatoms. The molecule has 0 saturated heterocycles. The van der Waals surface area contributed by atoms with Gasteiger partial charge in [0.1, 0.15) is 13.2 Å². The van der Waals surface area contributed by atoms with Gasteiger partial charge in [-0.15, -0.1) is 0 Å². The number of hydrogen-bond acceptors (Lipinski definition) is 7. The lowest BCUT2D eigenvalue weighted by Crippen LogP contribution is -2.27. The highest BCUT2D eigenvalue weighted by molar-refractivity contribution is 6.33. The van der Waals surface area contributed by atoms with Crippen LogP contribution in [0.15, 0.2) is 35.4 Å². The topological polar surface area (TPSA) is 87.6 Å². The number of hydrogen-bond donors (Lipinski definition) is 1. The second-order valence-corrected chi connectivity index (χ2v) is 6.39. The molecule has 1 amide bonds. The molecule has 0 spiro atoms. The Morgan fingerprint density at radius 2 is 1.79 bits per heavy atom. The minimum Gasteiger partial charge on any atom is -0.493 e. The van der Waals surface area contributed by atoms with Gasteiger partial charge < -0.3 is 23.7 Å². The molecular weight excluding hydrogens is 400 g/mol. The van der Waals surface area contributed by atoms with Crippen molar-refractivity contribution in [2.45, 2.75) is 6.10 Å². The zero-order valence-corrected chi connectivity index (χ0v) is 17.0. The molecule has 0 fully saturated rings. The normalized spacial score (nSPS) is 13.8. The van der Waals surface area contributed by atoms with E-state index < -0.39 is 12.0 Å². The van der Waals surface area contributed by atoms with Crippen molar-refractivity contribution in [2.24, 2.45) is 5.10 Å². The quantitative estimate of drug-likeness (QED) is 0.547. The van der Waals surface area contributed by atoms with E-state index in [1.807, 2.05) is 0 Å². The molecule has 1 atom stereocenters. The van der Waals surface area contributed by atoms with Crippen LogP contribution in [0.2, 0.25) is 5.02 Å². The van der Waals surface area contributed by atoms with Crippen molar-refractivity contribution < 1.29 is 28.5 Å². The van der Waals surface area contributed by atoms with E-state index in [0.29, 0.717) is 52.4 Å². The van der Waals surface area contributed by atoms with Crippen LogP contribution in [0.3, 0.4) is 0 Å². The van der Waals surface area contributed by atoms with Gasteiger partial charge in [0, 0.05) is 18.7 Å². The molecule has 0 bridgehead atoms. The number of carbonyl (C=O) groups is 1. The molecule has 3 rings (SSSR count). The molecule has 8 nitrogen and oxygen atoms in total. The van der Waals surface area contributed by atoms with Crippen molar-refractivity contribution in [2.75, 3.05) is 34.5 Å². The zero-order chi connectivity index (χ0) is 20.8. The molecule has 154 valence electrons. The van der Waals surface area contributed by atoms with Crippen LogP contribution in [0.4, 0.5) is 0 Å². The predicted molar refractivity (Wildman–Crippen MR) is 107 cm³/mol. The number of rotatable bonds is 7. The summed E-state index contributed by atoms with van der Waals surface area (Å²) < 4.78 is 26.8. The number of amides is 1. The molecule has 1 heterocycles. The Hall–Kier alpha value is -2.97. The fraction of sp³-hybridized carbons (Fsp3) is 0.300. The summed E-state index contributed by atoms with van der Waals surface area (Å²) in [7, 11) is 4.48. The Labute approximate surface area is 173 Å². The first-order chi connectivity index (χ1) is 14.1. The standard InChI is InChI=1S/C20H21ClN2O6/c1-25-16-9-13(14(21)10-17(16)26-2)11-22-23-20(24)19(27-3)12-4-5-15-18(8-12)29-7-6-28-15/h4-5,8-11,19H,6-7H2,1-3H3,(H,23,24). The highest BCUT2D eigenvalue weighted by Crippen LogP contribution is 2.34. The maximum atomic E-state index is 12.5. The van der Waals surface area contributed by atoms with Crippen molar-refractivity contribution in [3.8, 4) is 23.0 Å². The van der Waals surface area contributed by atoms with Crippen LogP contribution >= 0.6 is 11.6 Å². The first kappa shape index (κ1) is 20.8. The van der Waals surface area contributed by atoms with Crippen LogP contribution in [-0.4, -0.2) is 46.7 Å². The summed E-state index contributed by atoms with van der Waals surface area (Å²) in [6.45, 7) is 0.949. The van der Waals surface area contributed by atoms with Gasteiger partial charge in [0.25, 0.3) is 5.91 Å². The first-order valence-electron chi connectivity index (χ1n) is 8.74. The summed E-state index contributed by atoms with van der Waals surface area (Å²) in [6, 6.07) is 8.48. The van der Waals surface area contributed by atoms with Gasteiger partial charge in [0.05, 0.1) is 25.5 Å². The third-order valence-corrected chi connectivity index (χ3v) is 4.55. The second-order valence-electron chi connectivity index (χ2n) is 5.98. The highest BCUT2D eigenvalue weighted by atomic mass is 35.5. The summed E-state index contributed by atoms with van der Waals surface area (Å²) >= 11 is 6.22. The lowest BCUT2D eigenvalue weighted by Gasteiger charge is -2.20. The molecule has 29 heavy (non-hydrogen) atoms. The molecular formula is C20H21ClN2O6. The lowest BCUT2D eigenvalue weighted by atomic mass is 10.1. The molecule has 1 aliphatic heterocycles. The van der Waals surface area contributed by atoms with E-state index in [2.05, 4.69) is 10.5 Å². The lowest BCUT2D eigenvalue weighted by molar-refractivity contribution is -0.131. The number of carbonyl (C=O) groups excluding carboxylic acids is 1. The van der Waals surface area contributed by atoms with Crippen LogP contribution in [-0.2, 0) is 9.53 Å².